The molecule has 3 aromatic carbocycles. The lowest BCUT2D eigenvalue weighted by molar-refractivity contribution is -0.127. The molecule has 198 valence electrons. The maximum absolute atomic E-state index is 13.0. The molecule has 8 nitrogen and oxygen atoms in total. The number of anilines is 1. The highest BCUT2D eigenvalue weighted by Crippen LogP contribution is 2.39. The van der Waals surface area contributed by atoms with Crippen molar-refractivity contribution in [2.24, 2.45) is 0 Å². The van der Waals surface area contributed by atoms with Crippen molar-refractivity contribution in [1.29, 1.82) is 5.26 Å². The van der Waals surface area contributed by atoms with Crippen LogP contribution in [0, 0.1) is 11.3 Å². The van der Waals surface area contributed by atoms with Crippen LogP contribution in [0.15, 0.2) is 70.5 Å². The van der Waals surface area contributed by atoms with Crippen LogP contribution in [-0.2, 0) is 16.2 Å². The number of imide groups is 1. The number of amides is 3. The Kier molecular flexibility index (Phi) is 9.19. The fourth-order valence-corrected chi connectivity index (χ4v) is 5.27. The van der Waals surface area contributed by atoms with E-state index < -0.39 is 23.6 Å². The number of halogens is 1. The zero-order valence-electron chi connectivity index (χ0n) is 20.9. The molecule has 4 rings (SSSR count). The third-order valence-corrected chi connectivity index (χ3v) is 7.50. The van der Waals surface area contributed by atoms with Crippen LogP contribution in [0.25, 0.3) is 6.08 Å². The SMILES string of the molecule is COc1cc(/C=C2\SC(=O)N(CC(=O)Nc3cccc(SC)c3)C2=O)cc(Cl)c1OCc1ccccc1C#N. The van der Waals surface area contributed by atoms with E-state index in [-0.39, 0.29) is 22.3 Å². The second-order valence-electron chi connectivity index (χ2n) is 8.14. The summed E-state index contributed by atoms with van der Waals surface area (Å²) in [5.41, 5.74) is 2.26. The number of carbonyl (C=O) groups excluding carboxylic acids is 3. The molecule has 0 radical (unpaired) electrons. The molecule has 0 spiro atoms. The first-order valence-corrected chi connectivity index (χ1v) is 13.9. The van der Waals surface area contributed by atoms with Gasteiger partial charge in [-0.05, 0) is 66.1 Å². The number of benzene rings is 3. The predicted molar refractivity (Wildman–Crippen MR) is 153 cm³/mol. The minimum Gasteiger partial charge on any atom is -0.493 e. The molecular formula is C28H22ClN3O5S2. The van der Waals surface area contributed by atoms with Gasteiger partial charge in [0.1, 0.15) is 13.2 Å². The van der Waals surface area contributed by atoms with Crippen LogP contribution in [0.3, 0.4) is 0 Å². The molecule has 11 heteroatoms. The van der Waals surface area contributed by atoms with Gasteiger partial charge >= 0.3 is 0 Å². The molecule has 0 saturated carbocycles. The molecule has 3 amide bonds. The van der Waals surface area contributed by atoms with Crippen LogP contribution in [0.2, 0.25) is 5.02 Å². The van der Waals surface area contributed by atoms with E-state index >= 15 is 0 Å². The van der Waals surface area contributed by atoms with Crippen LogP contribution in [0.5, 0.6) is 11.5 Å². The number of thioether (sulfide) groups is 2. The van der Waals surface area contributed by atoms with Gasteiger partial charge in [0, 0.05) is 16.1 Å². The highest BCUT2D eigenvalue weighted by atomic mass is 35.5. The van der Waals surface area contributed by atoms with Gasteiger partial charge < -0.3 is 14.8 Å². The van der Waals surface area contributed by atoms with E-state index in [2.05, 4.69) is 11.4 Å². The molecule has 1 N–H and O–H groups in total. The van der Waals surface area contributed by atoms with Crippen LogP contribution in [0.4, 0.5) is 10.5 Å². The zero-order valence-corrected chi connectivity index (χ0v) is 23.3. The average molecular weight is 580 g/mol. The monoisotopic (exact) mass is 579 g/mol. The van der Waals surface area contributed by atoms with Gasteiger partial charge in [-0.2, -0.15) is 5.26 Å². The van der Waals surface area contributed by atoms with E-state index in [0.717, 1.165) is 21.6 Å². The van der Waals surface area contributed by atoms with Gasteiger partial charge in [0.05, 0.1) is 28.7 Å². The molecule has 1 aliphatic heterocycles. The molecule has 0 aliphatic carbocycles. The Labute approximate surface area is 238 Å². The Hall–Kier alpha value is -3.91. The number of hydrogen-bond acceptors (Lipinski definition) is 8. The molecule has 0 bridgehead atoms. The summed E-state index contributed by atoms with van der Waals surface area (Å²) >= 11 is 8.75. The second kappa shape index (κ2) is 12.8. The van der Waals surface area contributed by atoms with E-state index in [0.29, 0.717) is 28.1 Å². The Morgan fingerprint density at radius 1 is 1.18 bits per heavy atom. The summed E-state index contributed by atoms with van der Waals surface area (Å²) in [6, 6.07) is 19.6. The summed E-state index contributed by atoms with van der Waals surface area (Å²) < 4.78 is 11.3. The fraction of sp³-hybridized carbons (Fsp3) is 0.143. The number of ether oxygens (including phenoxy) is 2. The van der Waals surface area contributed by atoms with E-state index in [4.69, 9.17) is 21.1 Å². The number of hydrogen-bond donors (Lipinski definition) is 1. The highest BCUT2D eigenvalue weighted by Gasteiger charge is 2.36. The van der Waals surface area contributed by atoms with Gasteiger partial charge in [0.25, 0.3) is 11.1 Å². The quantitative estimate of drug-likeness (QED) is 0.236. The molecule has 0 atom stereocenters. The maximum Gasteiger partial charge on any atom is 0.294 e. The molecule has 1 heterocycles. The van der Waals surface area contributed by atoms with Crippen LogP contribution in [0.1, 0.15) is 16.7 Å². The predicted octanol–water partition coefficient (Wildman–Crippen LogP) is 6.20. The third-order valence-electron chi connectivity index (χ3n) is 5.59. The van der Waals surface area contributed by atoms with Crippen molar-refractivity contribution in [2.75, 3.05) is 25.2 Å². The molecular weight excluding hydrogens is 558 g/mol. The van der Waals surface area contributed by atoms with Gasteiger partial charge in [-0.25, -0.2) is 0 Å². The van der Waals surface area contributed by atoms with E-state index in [1.54, 1.807) is 42.5 Å². The van der Waals surface area contributed by atoms with Crippen molar-refractivity contribution in [2.45, 2.75) is 11.5 Å². The fourth-order valence-electron chi connectivity index (χ4n) is 3.70. The van der Waals surface area contributed by atoms with Crippen molar-refractivity contribution < 1.29 is 23.9 Å². The minimum atomic E-state index is -0.582. The summed E-state index contributed by atoms with van der Waals surface area (Å²) in [6.07, 6.45) is 3.43. The Morgan fingerprint density at radius 2 is 1.97 bits per heavy atom. The van der Waals surface area contributed by atoms with E-state index in [1.807, 2.05) is 24.5 Å². The summed E-state index contributed by atoms with van der Waals surface area (Å²) in [5, 5.41) is 11.7. The summed E-state index contributed by atoms with van der Waals surface area (Å²) in [7, 11) is 1.45. The number of nitrogens with zero attached hydrogens (tertiary/aromatic N) is 2. The molecule has 1 saturated heterocycles. The first-order valence-electron chi connectivity index (χ1n) is 11.5. The van der Waals surface area contributed by atoms with Crippen molar-refractivity contribution in [3.8, 4) is 17.6 Å². The topological polar surface area (TPSA) is 109 Å². The Morgan fingerprint density at radius 3 is 2.72 bits per heavy atom. The average Bonchev–Trinajstić information content (AvgIpc) is 3.19. The van der Waals surface area contributed by atoms with Gasteiger partial charge in [-0.1, -0.05) is 35.9 Å². The Bertz CT molecular complexity index is 1520. The second-order valence-corrected chi connectivity index (χ2v) is 10.4. The third kappa shape index (κ3) is 6.75. The number of carbonyl (C=O) groups is 3. The number of methoxy groups -OCH3 is 1. The maximum atomic E-state index is 13.0. The number of nitriles is 1. The lowest BCUT2D eigenvalue weighted by atomic mass is 10.1. The summed E-state index contributed by atoms with van der Waals surface area (Å²) in [6.45, 7) is -0.311. The molecule has 1 fully saturated rings. The lowest BCUT2D eigenvalue weighted by Crippen LogP contribution is -2.36. The van der Waals surface area contributed by atoms with Crippen LogP contribution in [-0.4, -0.2) is 41.9 Å². The molecule has 0 aromatic heterocycles. The summed E-state index contributed by atoms with van der Waals surface area (Å²) in [5.74, 6) is -0.476. The van der Waals surface area contributed by atoms with Gasteiger partial charge in [0.15, 0.2) is 11.5 Å². The van der Waals surface area contributed by atoms with Crippen molar-refractivity contribution in [3.63, 3.8) is 0 Å². The zero-order chi connectivity index (χ0) is 27.9. The summed E-state index contributed by atoms with van der Waals surface area (Å²) in [4.78, 5) is 40.0. The van der Waals surface area contributed by atoms with Crippen LogP contribution >= 0.6 is 35.1 Å². The standard InChI is InChI=1S/C28H22ClN3O5S2/c1-36-23-11-17(10-22(29)26(23)37-16-19-7-4-3-6-18(19)14-30)12-24-27(34)32(28(35)39-24)15-25(33)31-20-8-5-9-21(13-20)38-2/h3-13H,15-16H2,1-2H3,(H,31,33)/b24-12-. The molecule has 3 aromatic rings. The number of nitrogens with one attached hydrogen (secondary N) is 1. The first-order chi connectivity index (χ1) is 18.8. The van der Waals surface area contributed by atoms with Gasteiger partial charge in [0.2, 0.25) is 5.91 Å². The van der Waals surface area contributed by atoms with Gasteiger partial charge in [-0.3, -0.25) is 19.3 Å². The lowest BCUT2D eigenvalue weighted by Gasteiger charge is -2.14. The van der Waals surface area contributed by atoms with E-state index in [9.17, 15) is 19.6 Å². The number of rotatable bonds is 9. The molecule has 39 heavy (non-hydrogen) atoms. The van der Waals surface area contributed by atoms with Crippen molar-refractivity contribution in [3.05, 3.63) is 87.3 Å². The molecule has 1 aliphatic rings. The Balaban J connectivity index is 1.47. The van der Waals surface area contributed by atoms with Crippen LogP contribution < -0.4 is 14.8 Å². The van der Waals surface area contributed by atoms with Gasteiger partial charge in [-0.15, -0.1) is 11.8 Å². The minimum absolute atomic E-state index is 0.0989. The van der Waals surface area contributed by atoms with E-state index in [1.165, 1.54) is 24.9 Å². The smallest absolute Gasteiger partial charge is 0.294 e. The largest absolute Gasteiger partial charge is 0.493 e. The highest BCUT2D eigenvalue weighted by molar-refractivity contribution is 8.18. The van der Waals surface area contributed by atoms with Crippen molar-refractivity contribution in [1.82, 2.24) is 4.90 Å². The van der Waals surface area contributed by atoms with Crippen molar-refractivity contribution >= 4 is 63.9 Å². The normalized spacial score (nSPS) is 13.9. The molecule has 0 unspecified atom stereocenters. The first kappa shape index (κ1) is 28.1.